The second-order valence-electron chi connectivity index (χ2n) is 5.59. The van der Waals surface area contributed by atoms with E-state index in [1.165, 1.54) is 11.3 Å². The summed E-state index contributed by atoms with van der Waals surface area (Å²) < 4.78 is 0. The Labute approximate surface area is 131 Å². The van der Waals surface area contributed by atoms with Gasteiger partial charge in [-0.15, -0.1) is 0 Å². The number of halogens is 1. The second-order valence-corrected chi connectivity index (χ2v) is 6.00. The first-order valence-corrected chi connectivity index (χ1v) is 7.78. The van der Waals surface area contributed by atoms with Crippen LogP contribution < -0.4 is 10.2 Å². The summed E-state index contributed by atoms with van der Waals surface area (Å²) in [5.41, 5.74) is 3.55. The standard InChI is InChI=1S/C17H20ClN3/c1-13-2-3-16(18)17(12-13)20-14-6-10-21(11-7-14)15-4-8-19-9-5-15/h2-5,8-9,12,14,20H,6-7,10-11H2,1H3. The molecule has 0 radical (unpaired) electrons. The van der Waals surface area contributed by atoms with Crippen LogP contribution in [0.2, 0.25) is 5.02 Å². The lowest BCUT2D eigenvalue weighted by atomic mass is 10.0. The number of pyridine rings is 1. The summed E-state index contributed by atoms with van der Waals surface area (Å²) in [6.07, 6.45) is 5.94. The molecule has 3 nitrogen and oxygen atoms in total. The number of aryl methyl sites for hydroxylation is 1. The Bertz CT molecular complexity index is 592. The van der Waals surface area contributed by atoms with Crippen molar-refractivity contribution in [3.63, 3.8) is 0 Å². The maximum absolute atomic E-state index is 6.26. The lowest BCUT2D eigenvalue weighted by molar-refractivity contribution is 0.526. The van der Waals surface area contributed by atoms with Crippen molar-refractivity contribution in [1.82, 2.24) is 4.98 Å². The molecule has 1 aliphatic rings. The van der Waals surface area contributed by atoms with E-state index in [0.29, 0.717) is 6.04 Å². The summed E-state index contributed by atoms with van der Waals surface area (Å²) in [7, 11) is 0. The van der Waals surface area contributed by atoms with Gasteiger partial charge in [-0.1, -0.05) is 17.7 Å². The summed E-state index contributed by atoms with van der Waals surface area (Å²) >= 11 is 6.26. The number of hydrogen-bond acceptors (Lipinski definition) is 3. The molecule has 1 aromatic heterocycles. The average Bonchev–Trinajstić information content (AvgIpc) is 2.53. The molecule has 1 saturated heterocycles. The highest BCUT2D eigenvalue weighted by Crippen LogP contribution is 2.26. The first kappa shape index (κ1) is 14.2. The molecule has 1 aromatic carbocycles. The van der Waals surface area contributed by atoms with Crippen molar-refractivity contribution >= 4 is 23.0 Å². The van der Waals surface area contributed by atoms with Gasteiger partial charge >= 0.3 is 0 Å². The molecular formula is C17H20ClN3. The Hall–Kier alpha value is -1.74. The summed E-state index contributed by atoms with van der Waals surface area (Å²) in [4.78, 5) is 6.49. The van der Waals surface area contributed by atoms with Gasteiger partial charge in [0, 0.05) is 37.2 Å². The molecule has 0 atom stereocenters. The first-order valence-electron chi connectivity index (χ1n) is 7.40. The van der Waals surface area contributed by atoms with Gasteiger partial charge in [-0.25, -0.2) is 0 Å². The molecule has 0 bridgehead atoms. The summed E-state index contributed by atoms with van der Waals surface area (Å²) in [6.45, 7) is 4.21. The lowest BCUT2D eigenvalue weighted by Gasteiger charge is -2.34. The molecule has 2 aromatic rings. The van der Waals surface area contributed by atoms with E-state index in [4.69, 9.17) is 11.6 Å². The van der Waals surface area contributed by atoms with Gasteiger partial charge in [-0.3, -0.25) is 4.98 Å². The van der Waals surface area contributed by atoms with Crippen LogP contribution in [0.1, 0.15) is 18.4 Å². The van der Waals surface area contributed by atoms with Crippen molar-refractivity contribution < 1.29 is 0 Å². The van der Waals surface area contributed by atoms with E-state index in [2.05, 4.69) is 40.3 Å². The van der Waals surface area contributed by atoms with Gasteiger partial charge in [0.15, 0.2) is 0 Å². The van der Waals surface area contributed by atoms with Crippen molar-refractivity contribution in [3.8, 4) is 0 Å². The van der Waals surface area contributed by atoms with Gasteiger partial charge in [0.1, 0.15) is 0 Å². The molecule has 1 fully saturated rings. The minimum Gasteiger partial charge on any atom is -0.381 e. The monoisotopic (exact) mass is 301 g/mol. The van der Waals surface area contributed by atoms with E-state index in [9.17, 15) is 0 Å². The molecular weight excluding hydrogens is 282 g/mol. The summed E-state index contributed by atoms with van der Waals surface area (Å²) in [5.74, 6) is 0. The highest BCUT2D eigenvalue weighted by Gasteiger charge is 2.19. The van der Waals surface area contributed by atoms with Crippen molar-refractivity contribution in [2.75, 3.05) is 23.3 Å². The molecule has 0 amide bonds. The molecule has 0 aliphatic carbocycles. The number of benzene rings is 1. The predicted molar refractivity (Wildman–Crippen MR) is 89.3 cm³/mol. The van der Waals surface area contributed by atoms with Gasteiger partial charge in [-0.2, -0.15) is 0 Å². The van der Waals surface area contributed by atoms with Gasteiger partial charge in [0.05, 0.1) is 10.7 Å². The number of piperidine rings is 1. The lowest BCUT2D eigenvalue weighted by Crippen LogP contribution is -2.39. The number of anilines is 2. The Morgan fingerprint density at radius 2 is 1.86 bits per heavy atom. The molecule has 110 valence electrons. The van der Waals surface area contributed by atoms with Gasteiger partial charge in [0.2, 0.25) is 0 Å². The van der Waals surface area contributed by atoms with E-state index in [-0.39, 0.29) is 0 Å². The van der Waals surface area contributed by atoms with Crippen LogP contribution in [0.15, 0.2) is 42.7 Å². The third kappa shape index (κ3) is 3.48. The van der Waals surface area contributed by atoms with Gasteiger partial charge in [0.25, 0.3) is 0 Å². The zero-order valence-corrected chi connectivity index (χ0v) is 13.0. The van der Waals surface area contributed by atoms with E-state index in [1.54, 1.807) is 0 Å². The van der Waals surface area contributed by atoms with E-state index in [0.717, 1.165) is 36.6 Å². The van der Waals surface area contributed by atoms with E-state index >= 15 is 0 Å². The second kappa shape index (κ2) is 6.35. The Morgan fingerprint density at radius 1 is 1.14 bits per heavy atom. The fourth-order valence-corrected chi connectivity index (χ4v) is 2.98. The zero-order valence-electron chi connectivity index (χ0n) is 12.2. The number of nitrogens with zero attached hydrogens (tertiary/aromatic N) is 2. The van der Waals surface area contributed by atoms with E-state index < -0.39 is 0 Å². The quantitative estimate of drug-likeness (QED) is 0.924. The minimum absolute atomic E-state index is 0.488. The number of rotatable bonds is 3. The summed E-state index contributed by atoms with van der Waals surface area (Å²) in [5, 5.41) is 4.39. The summed E-state index contributed by atoms with van der Waals surface area (Å²) in [6, 6.07) is 10.8. The van der Waals surface area contributed by atoms with Gasteiger partial charge in [-0.05, 0) is 49.6 Å². The van der Waals surface area contributed by atoms with Crippen LogP contribution in [-0.2, 0) is 0 Å². The molecule has 3 rings (SSSR count). The molecule has 4 heteroatoms. The first-order chi connectivity index (χ1) is 10.2. The fraction of sp³-hybridized carbons (Fsp3) is 0.353. The maximum Gasteiger partial charge on any atom is 0.0637 e. The highest BCUT2D eigenvalue weighted by molar-refractivity contribution is 6.33. The van der Waals surface area contributed by atoms with Crippen LogP contribution in [0.5, 0.6) is 0 Å². The van der Waals surface area contributed by atoms with Crippen LogP contribution in [0, 0.1) is 6.92 Å². The average molecular weight is 302 g/mol. The van der Waals surface area contributed by atoms with Crippen LogP contribution in [0.3, 0.4) is 0 Å². The fourth-order valence-electron chi connectivity index (χ4n) is 2.81. The Balaban J connectivity index is 1.60. The minimum atomic E-state index is 0.488. The van der Waals surface area contributed by atoms with Crippen LogP contribution in [0.25, 0.3) is 0 Å². The molecule has 21 heavy (non-hydrogen) atoms. The normalized spacial score (nSPS) is 16.0. The van der Waals surface area contributed by atoms with Crippen molar-refractivity contribution in [2.45, 2.75) is 25.8 Å². The Kier molecular flexibility index (Phi) is 4.30. The molecule has 0 unspecified atom stereocenters. The number of aromatic nitrogens is 1. The largest absolute Gasteiger partial charge is 0.381 e. The van der Waals surface area contributed by atoms with Crippen LogP contribution in [-0.4, -0.2) is 24.1 Å². The maximum atomic E-state index is 6.26. The molecule has 1 aliphatic heterocycles. The van der Waals surface area contributed by atoms with Crippen LogP contribution in [0.4, 0.5) is 11.4 Å². The highest BCUT2D eigenvalue weighted by atomic mass is 35.5. The molecule has 0 saturated carbocycles. The topological polar surface area (TPSA) is 28.2 Å². The molecule has 1 N–H and O–H groups in total. The van der Waals surface area contributed by atoms with Gasteiger partial charge < -0.3 is 10.2 Å². The Morgan fingerprint density at radius 3 is 2.57 bits per heavy atom. The molecule has 2 heterocycles. The number of nitrogens with one attached hydrogen (secondary N) is 1. The van der Waals surface area contributed by atoms with Crippen molar-refractivity contribution in [1.29, 1.82) is 0 Å². The third-order valence-corrected chi connectivity index (χ3v) is 4.33. The molecule has 0 spiro atoms. The van der Waals surface area contributed by atoms with Crippen molar-refractivity contribution in [2.24, 2.45) is 0 Å². The third-order valence-electron chi connectivity index (χ3n) is 4.00. The zero-order chi connectivity index (χ0) is 14.7. The number of hydrogen-bond donors (Lipinski definition) is 1. The van der Waals surface area contributed by atoms with Crippen LogP contribution >= 0.6 is 11.6 Å². The smallest absolute Gasteiger partial charge is 0.0637 e. The van der Waals surface area contributed by atoms with Crippen molar-refractivity contribution in [3.05, 3.63) is 53.3 Å². The predicted octanol–water partition coefficient (Wildman–Crippen LogP) is 4.12. The van der Waals surface area contributed by atoms with E-state index in [1.807, 2.05) is 24.5 Å². The SMILES string of the molecule is Cc1ccc(Cl)c(NC2CCN(c3ccncc3)CC2)c1.